The molecule has 0 spiro atoms. The number of esters is 1. The molecule has 0 heterocycles. The van der Waals surface area contributed by atoms with Crippen LogP contribution in [0.5, 0.6) is 0 Å². The number of benzene rings is 1. The predicted octanol–water partition coefficient (Wildman–Crippen LogP) is 1.87. The Labute approximate surface area is 156 Å². The van der Waals surface area contributed by atoms with E-state index in [0.29, 0.717) is 0 Å². The van der Waals surface area contributed by atoms with Gasteiger partial charge in [-0.2, -0.15) is 4.72 Å². The van der Waals surface area contributed by atoms with Crippen LogP contribution in [0.1, 0.15) is 26.7 Å². The topological polar surface area (TPSA) is 102 Å². The Morgan fingerprint density at radius 1 is 1.20 bits per heavy atom. The molecular formula is C15H18Cl2N2O5S. The zero-order valence-electron chi connectivity index (χ0n) is 13.6. The number of hydrogen-bond acceptors (Lipinski definition) is 5. The Morgan fingerprint density at radius 3 is 2.40 bits per heavy atom. The molecule has 0 radical (unpaired) electrons. The van der Waals surface area contributed by atoms with Crippen LogP contribution in [0, 0.1) is 0 Å². The summed E-state index contributed by atoms with van der Waals surface area (Å²) in [7, 11) is -4.00. The van der Waals surface area contributed by atoms with Gasteiger partial charge in [-0.05, 0) is 44.9 Å². The summed E-state index contributed by atoms with van der Waals surface area (Å²) < 4.78 is 31.8. The minimum atomic E-state index is -4.00. The second-order valence-corrected chi connectivity index (χ2v) is 8.31. The third-order valence-corrected chi connectivity index (χ3v) is 5.75. The molecule has 1 aromatic carbocycles. The van der Waals surface area contributed by atoms with Gasteiger partial charge in [0.2, 0.25) is 10.0 Å². The third-order valence-electron chi connectivity index (χ3n) is 3.47. The van der Waals surface area contributed by atoms with E-state index in [2.05, 4.69) is 10.0 Å². The predicted molar refractivity (Wildman–Crippen MR) is 93.0 cm³/mol. The van der Waals surface area contributed by atoms with E-state index in [9.17, 15) is 18.0 Å². The van der Waals surface area contributed by atoms with E-state index in [0.717, 1.165) is 12.8 Å². The standard InChI is InChI=1S/C15H18Cl2N2O5S/c1-8(15(21)24-9(2)14(20)18-10-3-4-10)19-25(22,23)11-5-6-12(16)13(17)7-11/h5-10,19H,3-4H2,1-2H3,(H,18,20)/t8-,9+/m0/s1. The van der Waals surface area contributed by atoms with E-state index >= 15 is 0 Å². The molecule has 0 aliphatic heterocycles. The van der Waals surface area contributed by atoms with Gasteiger partial charge in [-0.3, -0.25) is 9.59 Å². The number of rotatable bonds is 7. The van der Waals surface area contributed by atoms with Crippen molar-refractivity contribution in [2.75, 3.05) is 0 Å². The van der Waals surface area contributed by atoms with E-state index in [1.807, 2.05) is 0 Å². The first-order chi connectivity index (χ1) is 11.6. The van der Waals surface area contributed by atoms with E-state index in [-0.39, 0.29) is 21.0 Å². The summed E-state index contributed by atoms with van der Waals surface area (Å²) >= 11 is 11.6. The fraction of sp³-hybridized carbons (Fsp3) is 0.467. The highest BCUT2D eigenvalue weighted by Gasteiger charge is 2.29. The Bertz CT molecular complexity index is 780. The molecule has 1 aliphatic rings. The van der Waals surface area contributed by atoms with Crippen LogP contribution in [0.25, 0.3) is 0 Å². The van der Waals surface area contributed by atoms with Crippen molar-refractivity contribution < 1.29 is 22.7 Å². The Hall–Kier alpha value is -1.35. The van der Waals surface area contributed by atoms with E-state index in [1.165, 1.54) is 32.0 Å². The van der Waals surface area contributed by atoms with Crippen molar-refractivity contribution in [2.45, 2.75) is 49.8 Å². The molecule has 7 nitrogen and oxygen atoms in total. The summed E-state index contributed by atoms with van der Waals surface area (Å²) in [6.45, 7) is 2.75. The van der Waals surface area contributed by atoms with Crippen LogP contribution in [0.4, 0.5) is 0 Å². The van der Waals surface area contributed by atoms with Gasteiger partial charge >= 0.3 is 5.97 Å². The second-order valence-electron chi connectivity index (χ2n) is 5.78. The molecule has 2 rings (SSSR count). The average molecular weight is 409 g/mol. The number of halogens is 2. The quantitative estimate of drug-likeness (QED) is 0.670. The maximum absolute atomic E-state index is 12.3. The minimum Gasteiger partial charge on any atom is -0.451 e. The molecule has 2 N–H and O–H groups in total. The highest BCUT2D eigenvalue weighted by molar-refractivity contribution is 7.89. The molecule has 1 fully saturated rings. The van der Waals surface area contributed by atoms with Gasteiger partial charge in [-0.1, -0.05) is 23.2 Å². The average Bonchev–Trinajstić information content (AvgIpc) is 3.33. The van der Waals surface area contributed by atoms with Crippen molar-refractivity contribution in [3.8, 4) is 0 Å². The number of amides is 1. The van der Waals surface area contributed by atoms with Crippen LogP contribution < -0.4 is 10.0 Å². The minimum absolute atomic E-state index is 0.0742. The SMILES string of the molecule is C[C@H](NS(=O)(=O)c1ccc(Cl)c(Cl)c1)C(=O)O[C@H](C)C(=O)NC1CC1. The summed E-state index contributed by atoms with van der Waals surface area (Å²) in [4.78, 5) is 23.6. The molecule has 25 heavy (non-hydrogen) atoms. The Balaban J connectivity index is 1.96. The maximum atomic E-state index is 12.3. The molecule has 1 aliphatic carbocycles. The van der Waals surface area contributed by atoms with E-state index in [1.54, 1.807) is 0 Å². The summed E-state index contributed by atoms with van der Waals surface area (Å²) in [5.74, 6) is -1.27. The molecule has 10 heteroatoms. The monoisotopic (exact) mass is 408 g/mol. The fourth-order valence-corrected chi connectivity index (χ4v) is 3.45. The van der Waals surface area contributed by atoms with Crippen molar-refractivity contribution in [2.24, 2.45) is 0 Å². The highest BCUT2D eigenvalue weighted by Crippen LogP contribution is 2.25. The molecule has 0 bridgehead atoms. The first kappa shape index (κ1) is 20.0. The van der Waals surface area contributed by atoms with Gasteiger partial charge in [-0.15, -0.1) is 0 Å². The Morgan fingerprint density at radius 2 is 1.84 bits per heavy atom. The summed E-state index contributed by atoms with van der Waals surface area (Å²) in [5, 5.41) is 2.99. The van der Waals surface area contributed by atoms with Gasteiger partial charge < -0.3 is 10.1 Å². The van der Waals surface area contributed by atoms with Crippen LogP contribution >= 0.6 is 23.2 Å². The first-order valence-corrected chi connectivity index (χ1v) is 9.82. The lowest BCUT2D eigenvalue weighted by Crippen LogP contribution is -2.43. The fourth-order valence-electron chi connectivity index (χ4n) is 1.87. The van der Waals surface area contributed by atoms with Gasteiger partial charge in [0.1, 0.15) is 6.04 Å². The van der Waals surface area contributed by atoms with Gasteiger partial charge in [0.05, 0.1) is 14.9 Å². The number of sulfonamides is 1. The zero-order valence-corrected chi connectivity index (χ0v) is 15.9. The molecule has 0 saturated heterocycles. The molecule has 1 amide bonds. The van der Waals surface area contributed by atoms with Gasteiger partial charge in [0.25, 0.3) is 5.91 Å². The lowest BCUT2D eigenvalue weighted by molar-refractivity contribution is -0.156. The van der Waals surface area contributed by atoms with Crippen molar-refractivity contribution >= 4 is 45.1 Å². The lowest BCUT2D eigenvalue weighted by atomic mass is 10.3. The number of nitrogens with one attached hydrogen (secondary N) is 2. The third kappa shape index (κ3) is 5.57. The summed E-state index contributed by atoms with van der Waals surface area (Å²) in [6, 6.07) is 2.73. The molecule has 2 atom stereocenters. The molecule has 0 aromatic heterocycles. The summed E-state index contributed by atoms with van der Waals surface area (Å²) in [6.07, 6.45) is 0.809. The molecule has 1 saturated carbocycles. The van der Waals surface area contributed by atoms with Crippen LogP contribution in [0.2, 0.25) is 10.0 Å². The van der Waals surface area contributed by atoms with Crippen LogP contribution in [0.3, 0.4) is 0 Å². The number of carbonyl (C=O) groups excluding carboxylic acids is 2. The van der Waals surface area contributed by atoms with Gasteiger partial charge in [-0.25, -0.2) is 8.42 Å². The van der Waals surface area contributed by atoms with Gasteiger partial charge in [0.15, 0.2) is 6.10 Å². The smallest absolute Gasteiger partial charge is 0.324 e. The zero-order chi connectivity index (χ0) is 18.8. The maximum Gasteiger partial charge on any atom is 0.324 e. The van der Waals surface area contributed by atoms with Crippen LogP contribution in [0.15, 0.2) is 23.1 Å². The van der Waals surface area contributed by atoms with E-state index in [4.69, 9.17) is 27.9 Å². The normalized spacial score (nSPS) is 16.8. The molecule has 1 aromatic rings. The van der Waals surface area contributed by atoms with Crippen LogP contribution in [-0.2, 0) is 24.3 Å². The molecule has 138 valence electrons. The van der Waals surface area contributed by atoms with Gasteiger partial charge in [0, 0.05) is 6.04 Å². The number of carbonyl (C=O) groups is 2. The van der Waals surface area contributed by atoms with Crippen molar-refractivity contribution in [3.05, 3.63) is 28.2 Å². The largest absolute Gasteiger partial charge is 0.451 e. The lowest BCUT2D eigenvalue weighted by Gasteiger charge is -2.17. The van der Waals surface area contributed by atoms with Crippen LogP contribution in [-0.4, -0.2) is 38.5 Å². The number of hydrogen-bond donors (Lipinski definition) is 2. The Kier molecular flexibility index (Phi) is 6.31. The molecular weight excluding hydrogens is 391 g/mol. The van der Waals surface area contributed by atoms with Crippen molar-refractivity contribution in [1.82, 2.24) is 10.0 Å². The first-order valence-electron chi connectivity index (χ1n) is 7.58. The number of ether oxygens (including phenoxy) is 1. The highest BCUT2D eigenvalue weighted by atomic mass is 35.5. The molecule has 0 unspecified atom stereocenters. The van der Waals surface area contributed by atoms with Crippen molar-refractivity contribution in [3.63, 3.8) is 0 Å². The summed E-state index contributed by atoms with van der Waals surface area (Å²) in [5.41, 5.74) is 0. The second kappa shape index (κ2) is 7.90. The van der Waals surface area contributed by atoms with E-state index < -0.39 is 34.0 Å². The van der Waals surface area contributed by atoms with Crippen molar-refractivity contribution in [1.29, 1.82) is 0 Å².